The van der Waals surface area contributed by atoms with Gasteiger partial charge in [-0.2, -0.15) is 0 Å². The Morgan fingerprint density at radius 1 is 1.54 bits per heavy atom. The summed E-state index contributed by atoms with van der Waals surface area (Å²) in [6, 6.07) is -0.481. The van der Waals surface area contributed by atoms with Crippen LogP contribution >= 0.6 is 0 Å². The van der Waals surface area contributed by atoms with E-state index in [4.69, 9.17) is 5.73 Å². The first-order chi connectivity index (χ1) is 6.29. The van der Waals surface area contributed by atoms with Crippen LogP contribution in [0.5, 0.6) is 0 Å². The Hall–Kier alpha value is -1.97. The average molecular weight is 175 g/mol. The van der Waals surface area contributed by atoms with Gasteiger partial charge in [0, 0.05) is 24.2 Å². The first-order valence-electron chi connectivity index (χ1n) is 3.89. The summed E-state index contributed by atoms with van der Waals surface area (Å²) < 4.78 is 0. The summed E-state index contributed by atoms with van der Waals surface area (Å²) in [5.41, 5.74) is 6.94. The largest absolute Gasteiger partial charge is 0.366 e. The fourth-order valence-corrected chi connectivity index (χ4v) is 1.29. The number of allylic oxidation sites excluding steroid dienone is 3. The predicted octanol–water partition coefficient (Wildman–Crippen LogP) is 0.779. The van der Waals surface area contributed by atoms with Crippen molar-refractivity contribution in [3.63, 3.8) is 0 Å². The molecule has 0 unspecified atom stereocenters. The number of nitrogens with two attached hydrogens (primary N) is 1. The van der Waals surface area contributed by atoms with Crippen molar-refractivity contribution in [3.05, 3.63) is 48.1 Å². The molecule has 0 spiro atoms. The number of nitrogens with zero attached hydrogens (tertiary/aromatic N) is 1. The molecule has 0 aliphatic carbocycles. The first kappa shape index (κ1) is 7.67. The second-order valence-electron chi connectivity index (χ2n) is 2.70. The summed E-state index contributed by atoms with van der Waals surface area (Å²) in [5.74, 6) is 0. The Balaban J connectivity index is 2.38. The zero-order valence-electron chi connectivity index (χ0n) is 6.90. The third-order valence-electron chi connectivity index (χ3n) is 1.88. The average Bonchev–Trinajstić information content (AvgIpc) is 2.17. The van der Waals surface area contributed by atoms with E-state index in [2.05, 4.69) is 5.32 Å². The smallest absolute Gasteiger partial charge is 0.323 e. The van der Waals surface area contributed by atoms with Crippen LogP contribution in [0.1, 0.15) is 0 Å². The lowest BCUT2D eigenvalue weighted by molar-refractivity contribution is 0.233. The monoisotopic (exact) mass is 175 g/mol. The van der Waals surface area contributed by atoms with Crippen LogP contribution in [0.15, 0.2) is 48.1 Å². The van der Waals surface area contributed by atoms with Gasteiger partial charge in [-0.3, -0.25) is 4.90 Å². The first-order valence-corrected chi connectivity index (χ1v) is 3.89. The van der Waals surface area contributed by atoms with Gasteiger partial charge in [-0.1, -0.05) is 6.08 Å². The summed E-state index contributed by atoms with van der Waals surface area (Å²) >= 11 is 0. The maximum absolute atomic E-state index is 11.0. The standard InChI is InChI=1S/C9H9N3O/c10-9(13)12-5-1-2-7-3-4-11-6-8(7)12/h1-6,11H,(H2,10,13). The number of primary amides is 1. The SMILES string of the molecule is NC(=O)N1C=CC=C2C=CNC=C21. The topological polar surface area (TPSA) is 58.4 Å². The molecule has 0 saturated heterocycles. The van der Waals surface area contributed by atoms with E-state index >= 15 is 0 Å². The predicted molar refractivity (Wildman–Crippen MR) is 49.0 cm³/mol. The third-order valence-corrected chi connectivity index (χ3v) is 1.88. The van der Waals surface area contributed by atoms with Crippen LogP contribution in [-0.2, 0) is 0 Å². The van der Waals surface area contributed by atoms with E-state index < -0.39 is 6.03 Å². The number of nitrogens with one attached hydrogen (secondary N) is 1. The van der Waals surface area contributed by atoms with E-state index in [1.165, 1.54) is 4.90 Å². The van der Waals surface area contributed by atoms with E-state index in [-0.39, 0.29) is 0 Å². The molecule has 2 rings (SSSR count). The molecule has 2 aliphatic rings. The lowest BCUT2D eigenvalue weighted by atomic mass is 10.1. The number of dihydropyridines is 1. The second-order valence-corrected chi connectivity index (χ2v) is 2.70. The van der Waals surface area contributed by atoms with Crippen LogP contribution in [0.3, 0.4) is 0 Å². The molecule has 0 atom stereocenters. The fraction of sp³-hybridized carbons (Fsp3) is 0. The van der Waals surface area contributed by atoms with Gasteiger partial charge in [-0.05, 0) is 12.2 Å². The van der Waals surface area contributed by atoms with Gasteiger partial charge < -0.3 is 11.1 Å². The highest BCUT2D eigenvalue weighted by atomic mass is 16.2. The molecule has 0 aromatic carbocycles. The van der Waals surface area contributed by atoms with Crippen molar-refractivity contribution >= 4 is 6.03 Å². The molecule has 2 aliphatic heterocycles. The summed E-state index contributed by atoms with van der Waals surface area (Å²) in [7, 11) is 0. The maximum Gasteiger partial charge on any atom is 0.323 e. The molecule has 13 heavy (non-hydrogen) atoms. The molecule has 0 aromatic heterocycles. The van der Waals surface area contributed by atoms with E-state index in [0.717, 1.165) is 11.3 Å². The molecular weight excluding hydrogens is 166 g/mol. The summed E-state index contributed by atoms with van der Waals surface area (Å²) in [5, 5.41) is 2.90. The van der Waals surface area contributed by atoms with Crippen molar-refractivity contribution in [2.75, 3.05) is 0 Å². The molecule has 0 bridgehead atoms. The molecule has 4 nitrogen and oxygen atoms in total. The molecule has 0 radical (unpaired) electrons. The van der Waals surface area contributed by atoms with Crippen molar-refractivity contribution in [1.29, 1.82) is 0 Å². The Kier molecular flexibility index (Phi) is 1.66. The Labute approximate surface area is 75.7 Å². The number of amides is 2. The molecule has 0 aromatic rings. The highest BCUT2D eigenvalue weighted by Crippen LogP contribution is 2.22. The Bertz CT molecular complexity index is 363. The minimum Gasteiger partial charge on any atom is -0.366 e. The molecular formula is C9H9N3O. The van der Waals surface area contributed by atoms with Gasteiger partial charge in [-0.25, -0.2) is 4.79 Å². The molecule has 66 valence electrons. The van der Waals surface area contributed by atoms with E-state index in [1.807, 2.05) is 12.2 Å². The van der Waals surface area contributed by atoms with Gasteiger partial charge in [0.25, 0.3) is 0 Å². The zero-order chi connectivity index (χ0) is 9.26. The molecule has 2 amide bonds. The van der Waals surface area contributed by atoms with Gasteiger partial charge in [0.2, 0.25) is 0 Å². The van der Waals surface area contributed by atoms with E-state index in [1.54, 1.807) is 24.7 Å². The molecule has 3 N–H and O–H groups in total. The fourth-order valence-electron chi connectivity index (χ4n) is 1.29. The number of fused-ring (bicyclic) bond motifs is 1. The van der Waals surface area contributed by atoms with Crippen molar-refractivity contribution in [2.24, 2.45) is 5.73 Å². The zero-order valence-corrected chi connectivity index (χ0v) is 6.90. The van der Waals surface area contributed by atoms with Gasteiger partial charge >= 0.3 is 6.03 Å². The minimum atomic E-state index is -0.481. The molecule has 0 fully saturated rings. The van der Waals surface area contributed by atoms with Crippen molar-refractivity contribution in [3.8, 4) is 0 Å². The number of hydrogen-bond acceptors (Lipinski definition) is 2. The highest BCUT2D eigenvalue weighted by Gasteiger charge is 2.18. The number of carbonyl (C=O) groups is 1. The van der Waals surface area contributed by atoms with Crippen LogP contribution in [0.25, 0.3) is 0 Å². The van der Waals surface area contributed by atoms with Crippen LogP contribution < -0.4 is 11.1 Å². The summed E-state index contributed by atoms with van der Waals surface area (Å²) in [4.78, 5) is 12.4. The van der Waals surface area contributed by atoms with E-state index in [9.17, 15) is 4.79 Å². The number of rotatable bonds is 0. The van der Waals surface area contributed by atoms with Crippen molar-refractivity contribution < 1.29 is 4.79 Å². The van der Waals surface area contributed by atoms with Crippen molar-refractivity contribution in [2.45, 2.75) is 0 Å². The number of carbonyl (C=O) groups excluding carboxylic acids is 1. The third kappa shape index (κ3) is 1.22. The van der Waals surface area contributed by atoms with Crippen LogP contribution in [0.4, 0.5) is 4.79 Å². The summed E-state index contributed by atoms with van der Waals surface area (Å²) in [6.07, 6.45) is 10.8. The van der Waals surface area contributed by atoms with Crippen LogP contribution in [-0.4, -0.2) is 10.9 Å². The molecule has 0 saturated carbocycles. The molecule has 4 heteroatoms. The van der Waals surface area contributed by atoms with Gasteiger partial charge in [0.15, 0.2) is 0 Å². The lowest BCUT2D eigenvalue weighted by Crippen LogP contribution is -2.33. The normalized spacial score (nSPS) is 18.6. The quantitative estimate of drug-likeness (QED) is 0.571. The van der Waals surface area contributed by atoms with Crippen molar-refractivity contribution in [1.82, 2.24) is 10.2 Å². The maximum atomic E-state index is 11.0. The van der Waals surface area contributed by atoms with Gasteiger partial charge in [0.1, 0.15) is 0 Å². The highest BCUT2D eigenvalue weighted by molar-refractivity contribution is 5.78. The van der Waals surface area contributed by atoms with E-state index in [0.29, 0.717) is 0 Å². The summed E-state index contributed by atoms with van der Waals surface area (Å²) in [6.45, 7) is 0. The lowest BCUT2D eigenvalue weighted by Gasteiger charge is -2.24. The number of hydrogen-bond donors (Lipinski definition) is 2. The Morgan fingerprint density at radius 3 is 3.15 bits per heavy atom. The number of urea groups is 1. The van der Waals surface area contributed by atoms with Crippen LogP contribution in [0, 0.1) is 0 Å². The van der Waals surface area contributed by atoms with Gasteiger partial charge in [-0.15, -0.1) is 0 Å². The van der Waals surface area contributed by atoms with Gasteiger partial charge in [0.05, 0.1) is 5.70 Å². The molecule has 2 heterocycles. The van der Waals surface area contributed by atoms with Crippen LogP contribution in [0.2, 0.25) is 0 Å². The Morgan fingerprint density at radius 2 is 2.38 bits per heavy atom. The second kappa shape index (κ2) is 2.82. The minimum absolute atomic E-state index is 0.481.